The molecule has 0 saturated heterocycles. The molecule has 26 heavy (non-hydrogen) atoms. The Morgan fingerprint density at radius 1 is 1.38 bits per heavy atom. The molecule has 1 aliphatic heterocycles. The van der Waals surface area contributed by atoms with Gasteiger partial charge in [-0.2, -0.15) is 0 Å². The quantitative estimate of drug-likeness (QED) is 0.697. The standard InChI is InChI=1S/C21H29N3O2/c1-3-4-8-17(25)13-24-10-9-19-18(14-24)21(26)23-20(22-19)12-16-7-5-6-15(2)11-16/h5-7,11,17,25H,3-4,8-10,12-14H2,1-2H3,(H,22,23,26)/p+1/t17-/m0/s1. The lowest BCUT2D eigenvalue weighted by Gasteiger charge is -2.26. The van der Waals surface area contributed by atoms with Crippen molar-refractivity contribution in [2.75, 3.05) is 13.1 Å². The van der Waals surface area contributed by atoms with Crippen LogP contribution in [0.5, 0.6) is 0 Å². The van der Waals surface area contributed by atoms with Gasteiger partial charge in [-0.3, -0.25) is 4.79 Å². The molecular weight excluding hydrogens is 326 g/mol. The lowest BCUT2D eigenvalue weighted by molar-refractivity contribution is -0.919. The maximum Gasteiger partial charge on any atom is 0.260 e. The van der Waals surface area contributed by atoms with Gasteiger partial charge in [-0.1, -0.05) is 49.6 Å². The van der Waals surface area contributed by atoms with Crippen molar-refractivity contribution in [1.82, 2.24) is 9.97 Å². The second kappa shape index (κ2) is 8.60. The van der Waals surface area contributed by atoms with E-state index in [4.69, 9.17) is 4.98 Å². The Bertz CT molecular complexity index is 800. The summed E-state index contributed by atoms with van der Waals surface area (Å²) in [6.45, 7) is 6.50. The maximum atomic E-state index is 12.6. The first kappa shape index (κ1) is 18.8. The number of aromatic nitrogens is 2. The van der Waals surface area contributed by atoms with Crippen molar-refractivity contribution in [2.24, 2.45) is 0 Å². The fourth-order valence-electron chi connectivity index (χ4n) is 3.77. The average Bonchev–Trinajstić information content (AvgIpc) is 2.60. The van der Waals surface area contributed by atoms with E-state index < -0.39 is 0 Å². The summed E-state index contributed by atoms with van der Waals surface area (Å²) in [6, 6.07) is 8.30. The minimum Gasteiger partial charge on any atom is -0.387 e. The van der Waals surface area contributed by atoms with Crippen molar-refractivity contribution in [3.05, 3.63) is 62.8 Å². The number of nitrogens with zero attached hydrogens (tertiary/aromatic N) is 1. The number of nitrogens with one attached hydrogen (secondary N) is 2. The van der Waals surface area contributed by atoms with Crippen molar-refractivity contribution >= 4 is 0 Å². The third-order valence-corrected chi connectivity index (χ3v) is 5.16. The molecule has 3 rings (SSSR count). The highest BCUT2D eigenvalue weighted by molar-refractivity contribution is 5.26. The van der Waals surface area contributed by atoms with Gasteiger partial charge in [0.15, 0.2) is 0 Å². The molecule has 5 heteroatoms. The number of fused-ring (bicyclic) bond motifs is 1. The van der Waals surface area contributed by atoms with E-state index in [0.29, 0.717) is 19.5 Å². The number of aliphatic hydroxyl groups is 1. The Morgan fingerprint density at radius 2 is 2.23 bits per heavy atom. The van der Waals surface area contributed by atoms with Crippen LogP contribution in [-0.2, 0) is 19.4 Å². The first-order chi connectivity index (χ1) is 12.5. The molecule has 1 aliphatic rings. The molecule has 5 nitrogen and oxygen atoms in total. The SMILES string of the molecule is CCCC[C@H](O)C[NH+]1CCc2nc(Cc3cccc(C)c3)[nH]c(=O)c2C1. The molecule has 2 atom stereocenters. The van der Waals surface area contributed by atoms with Gasteiger partial charge >= 0.3 is 0 Å². The summed E-state index contributed by atoms with van der Waals surface area (Å²) in [5.41, 5.74) is 4.09. The van der Waals surface area contributed by atoms with E-state index >= 15 is 0 Å². The number of unbranched alkanes of at least 4 members (excludes halogenated alkanes) is 1. The van der Waals surface area contributed by atoms with Crippen LogP contribution in [0.3, 0.4) is 0 Å². The molecule has 3 N–H and O–H groups in total. The fraction of sp³-hybridized carbons (Fsp3) is 0.524. The zero-order chi connectivity index (χ0) is 18.5. The predicted octanol–water partition coefficient (Wildman–Crippen LogP) is 1.16. The van der Waals surface area contributed by atoms with Gasteiger partial charge < -0.3 is 15.0 Å². The molecule has 0 aliphatic carbocycles. The summed E-state index contributed by atoms with van der Waals surface area (Å²) in [5.74, 6) is 0.741. The minimum atomic E-state index is -0.279. The normalized spacial score (nSPS) is 17.7. The van der Waals surface area contributed by atoms with Crippen molar-refractivity contribution < 1.29 is 10.0 Å². The smallest absolute Gasteiger partial charge is 0.260 e. The van der Waals surface area contributed by atoms with Crippen LogP contribution in [0.2, 0.25) is 0 Å². The molecule has 2 heterocycles. The molecule has 0 fully saturated rings. The second-order valence-corrected chi connectivity index (χ2v) is 7.53. The number of benzene rings is 1. The number of hydrogen-bond donors (Lipinski definition) is 3. The number of aryl methyl sites for hydroxylation is 1. The van der Waals surface area contributed by atoms with Crippen LogP contribution in [0.4, 0.5) is 0 Å². The number of aliphatic hydroxyl groups excluding tert-OH is 1. The van der Waals surface area contributed by atoms with Gasteiger partial charge in [0.2, 0.25) is 0 Å². The first-order valence-corrected chi connectivity index (χ1v) is 9.73. The number of hydrogen-bond acceptors (Lipinski definition) is 3. The summed E-state index contributed by atoms with van der Waals surface area (Å²) in [6.07, 6.45) is 4.17. The molecule has 0 amide bonds. The average molecular weight is 356 g/mol. The molecule has 1 unspecified atom stereocenters. The predicted molar refractivity (Wildman–Crippen MR) is 102 cm³/mol. The van der Waals surface area contributed by atoms with Crippen LogP contribution >= 0.6 is 0 Å². The first-order valence-electron chi connectivity index (χ1n) is 9.73. The van der Waals surface area contributed by atoms with Crippen LogP contribution < -0.4 is 10.5 Å². The van der Waals surface area contributed by atoms with Crippen LogP contribution in [0, 0.1) is 6.92 Å². The third kappa shape index (κ3) is 4.80. The highest BCUT2D eigenvalue weighted by Crippen LogP contribution is 2.10. The maximum absolute atomic E-state index is 12.6. The van der Waals surface area contributed by atoms with Gasteiger partial charge in [0.05, 0.1) is 17.8 Å². The van der Waals surface area contributed by atoms with Crippen LogP contribution in [-0.4, -0.2) is 34.3 Å². The van der Waals surface area contributed by atoms with E-state index in [0.717, 1.165) is 54.9 Å². The Morgan fingerprint density at radius 3 is 3.00 bits per heavy atom. The molecule has 0 spiro atoms. The molecule has 1 aromatic carbocycles. The molecule has 0 radical (unpaired) electrons. The Hall–Kier alpha value is -1.98. The highest BCUT2D eigenvalue weighted by atomic mass is 16.3. The number of rotatable bonds is 7. The van der Waals surface area contributed by atoms with E-state index in [1.807, 2.05) is 6.07 Å². The van der Waals surface area contributed by atoms with Crippen molar-refractivity contribution in [2.45, 2.75) is 58.6 Å². The van der Waals surface area contributed by atoms with Gasteiger partial charge in [-0.05, 0) is 18.9 Å². The molecule has 2 aromatic rings. The summed E-state index contributed by atoms with van der Waals surface area (Å²) in [5, 5.41) is 10.2. The number of quaternary nitrogens is 1. The monoisotopic (exact) mass is 356 g/mol. The van der Waals surface area contributed by atoms with Crippen molar-refractivity contribution in [1.29, 1.82) is 0 Å². The Kier molecular flexibility index (Phi) is 6.22. The summed E-state index contributed by atoms with van der Waals surface area (Å²) in [7, 11) is 0. The van der Waals surface area contributed by atoms with E-state index in [1.165, 1.54) is 10.5 Å². The molecule has 140 valence electrons. The summed E-state index contributed by atoms with van der Waals surface area (Å²) >= 11 is 0. The van der Waals surface area contributed by atoms with Gasteiger partial charge in [0.25, 0.3) is 5.56 Å². The molecular formula is C21H30N3O2+. The van der Waals surface area contributed by atoms with Gasteiger partial charge in [0.1, 0.15) is 25.0 Å². The Labute approximate surface area is 155 Å². The van der Waals surface area contributed by atoms with Gasteiger partial charge in [-0.25, -0.2) is 4.98 Å². The molecule has 1 aromatic heterocycles. The topological polar surface area (TPSA) is 70.4 Å². The third-order valence-electron chi connectivity index (χ3n) is 5.16. The van der Waals surface area contributed by atoms with Crippen LogP contribution in [0.15, 0.2) is 29.1 Å². The lowest BCUT2D eigenvalue weighted by Crippen LogP contribution is -3.13. The molecule has 0 bridgehead atoms. The zero-order valence-corrected chi connectivity index (χ0v) is 15.8. The van der Waals surface area contributed by atoms with Crippen LogP contribution in [0.25, 0.3) is 0 Å². The highest BCUT2D eigenvalue weighted by Gasteiger charge is 2.25. The summed E-state index contributed by atoms with van der Waals surface area (Å²) in [4.78, 5) is 21.6. The van der Waals surface area contributed by atoms with Crippen molar-refractivity contribution in [3.63, 3.8) is 0 Å². The Balaban J connectivity index is 1.69. The fourth-order valence-corrected chi connectivity index (χ4v) is 3.77. The zero-order valence-electron chi connectivity index (χ0n) is 15.8. The lowest BCUT2D eigenvalue weighted by atomic mass is 10.0. The molecule has 0 saturated carbocycles. The van der Waals surface area contributed by atoms with Gasteiger partial charge in [-0.15, -0.1) is 0 Å². The summed E-state index contributed by atoms with van der Waals surface area (Å²) < 4.78 is 0. The van der Waals surface area contributed by atoms with E-state index in [-0.39, 0.29) is 11.7 Å². The largest absolute Gasteiger partial charge is 0.387 e. The van der Waals surface area contributed by atoms with Gasteiger partial charge in [0, 0.05) is 12.8 Å². The van der Waals surface area contributed by atoms with Crippen LogP contribution in [0.1, 0.15) is 54.4 Å². The second-order valence-electron chi connectivity index (χ2n) is 7.53. The van der Waals surface area contributed by atoms with E-state index in [2.05, 4.69) is 37.0 Å². The van der Waals surface area contributed by atoms with E-state index in [1.54, 1.807) is 0 Å². The number of H-pyrrole nitrogens is 1. The minimum absolute atomic E-state index is 0.0158. The van der Waals surface area contributed by atoms with E-state index in [9.17, 15) is 9.90 Å². The number of aromatic amines is 1. The van der Waals surface area contributed by atoms with Crippen molar-refractivity contribution in [3.8, 4) is 0 Å².